The predicted octanol–water partition coefficient (Wildman–Crippen LogP) is 12.8. The number of unbranched alkanes of at least 4 members (excludes halogenated alkanes) is 6. The summed E-state index contributed by atoms with van der Waals surface area (Å²) in [5.74, 6) is 1.48. The van der Waals surface area contributed by atoms with Gasteiger partial charge in [0, 0.05) is 28.2 Å². The Morgan fingerprint density at radius 1 is 0.589 bits per heavy atom. The summed E-state index contributed by atoms with van der Waals surface area (Å²) >= 11 is 0. The van der Waals surface area contributed by atoms with Crippen molar-refractivity contribution in [1.29, 1.82) is 5.26 Å². The summed E-state index contributed by atoms with van der Waals surface area (Å²) in [6.07, 6.45) is 16.2. The number of aliphatic carboxylic acids is 1. The molecule has 0 unspecified atom stereocenters. The Labute approximate surface area is 334 Å². The highest BCUT2D eigenvalue weighted by Gasteiger charge is 2.15. The second-order valence-corrected chi connectivity index (χ2v) is 13.7. The van der Waals surface area contributed by atoms with Gasteiger partial charge in [0.05, 0.1) is 26.4 Å². The van der Waals surface area contributed by atoms with Crippen molar-refractivity contribution in [2.45, 2.75) is 91.9 Å². The molecule has 8 nitrogen and oxygen atoms in total. The zero-order valence-electron chi connectivity index (χ0n) is 33.6. The topological polar surface area (TPSA) is 101 Å². The summed E-state index contributed by atoms with van der Waals surface area (Å²) in [6, 6.07) is 30.2. The van der Waals surface area contributed by atoms with Gasteiger partial charge in [0.1, 0.15) is 34.6 Å². The van der Waals surface area contributed by atoms with Gasteiger partial charge in [-0.2, -0.15) is 5.26 Å². The molecule has 0 aliphatic rings. The van der Waals surface area contributed by atoms with Gasteiger partial charge in [-0.1, -0.05) is 90.5 Å². The number of ether oxygens (including phenoxy) is 4. The molecular formula is C48H58N2O6. The van der Waals surface area contributed by atoms with Gasteiger partial charge in [-0.25, -0.2) is 4.79 Å². The van der Waals surface area contributed by atoms with Crippen LogP contribution in [0.15, 0.2) is 90.5 Å². The average molecular weight is 759 g/mol. The highest BCUT2D eigenvalue weighted by Crippen LogP contribution is 2.37. The van der Waals surface area contributed by atoms with E-state index in [4.69, 9.17) is 18.9 Å². The van der Waals surface area contributed by atoms with Crippen molar-refractivity contribution in [3.63, 3.8) is 0 Å². The van der Waals surface area contributed by atoms with Gasteiger partial charge in [-0.3, -0.25) is 0 Å². The van der Waals surface area contributed by atoms with Crippen LogP contribution in [0.4, 0.5) is 17.1 Å². The molecule has 0 radical (unpaired) electrons. The Bertz CT molecular complexity index is 1820. The molecule has 0 fully saturated rings. The van der Waals surface area contributed by atoms with E-state index in [-0.39, 0.29) is 5.57 Å². The molecule has 0 amide bonds. The van der Waals surface area contributed by atoms with Crippen molar-refractivity contribution in [3.05, 3.63) is 107 Å². The third-order valence-corrected chi connectivity index (χ3v) is 9.05. The van der Waals surface area contributed by atoms with Crippen LogP contribution in [-0.2, 0) is 4.79 Å². The highest BCUT2D eigenvalue weighted by atomic mass is 16.5. The fourth-order valence-electron chi connectivity index (χ4n) is 5.99. The molecule has 0 aliphatic carbocycles. The first kappa shape index (κ1) is 43.1. The summed E-state index contributed by atoms with van der Waals surface area (Å²) in [6.45, 7) is 10.8. The van der Waals surface area contributed by atoms with Crippen LogP contribution in [0.3, 0.4) is 0 Å². The molecule has 4 aromatic carbocycles. The number of hydrogen-bond acceptors (Lipinski definition) is 7. The minimum absolute atomic E-state index is 0.380. The van der Waals surface area contributed by atoms with Gasteiger partial charge in [0.25, 0.3) is 0 Å². The number of carboxylic acids is 1. The Kier molecular flexibility index (Phi) is 18.4. The molecule has 0 spiro atoms. The largest absolute Gasteiger partial charge is 0.494 e. The number of carboxylic acid groups (broad SMARTS) is 1. The predicted molar refractivity (Wildman–Crippen MR) is 229 cm³/mol. The minimum atomic E-state index is -1.30. The number of anilines is 3. The summed E-state index contributed by atoms with van der Waals surface area (Å²) in [5.41, 5.74) is 4.86. The van der Waals surface area contributed by atoms with Gasteiger partial charge >= 0.3 is 5.97 Å². The number of rotatable bonds is 25. The van der Waals surface area contributed by atoms with Gasteiger partial charge in [0.15, 0.2) is 0 Å². The van der Waals surface area contributed by atoms with Crippen LogP contribution < -0.4 is 23.8 Å². The Balaban J connectivity index is 1.63. The Morgan fingerprint density at radius 3 is 1.50 bits per heavy atom. The molecule has 56 heavy (non-hydrogen) atoms. The average Bonchev–Trinajstić information content (AvgIpc) is 3.22. The molecule has 0 atom stereocenters. The van der Waals surface area contributed by atoms with Gasteiger partial charge in [-0.15, -0.1) is 0 Å². The lowest BCUT2D eigenvalue weighted by atomic mass is 10.0. The first-order valence-corrected chi connectivity index (χ1v) is 20.2. The fraction of sp³-hybridized carbons (Fsp3) is 0.375. The number of hydrogen-bond donors (Lipinski definition) is 1. The Hall–Kier alpha value is -5.68. The maximum atomic E-state index is 11.6. The number of carbonyl (C=O) groups is 1. The molecule has 0 aliphatic heterocycles. The van der Waals surface area contributed by atoms with E-state index >= 15 is 0 Å². The van der Waals surface area contributed by atoms with Crippen molar-refractivity contribution in [2.75, 3.05) is 31.3 Å². The second kappa shape index (κ2) is 24.0. The van der Waals surface area contributed by atoms with Crippen LogP contribution >= 0.6 is 0 Å². The molecule has 0 heterocycles. The SMILES string of the molecule is CCCCCCOc1ccc(N(c2ccc(/C=C/c3cc(OCCC)c(/C=C(\C#N)C(=O)O)cc3OCCC)cc2)c2ccc(OCCCCCC)cc2)cc1. The molecule has 4 aromatic rings. The quantitative estimate of drug-likeness (QED) is 0.0308. The normalized spacial score (nSPS) is 11.3. The van der Waals surface area contributed by atoms with Crippen molar-refractivity contribution >= 4 is 41.3 Å². The van der Waals surface area contributed by atoms with Crippen LogP contribution in [0.25, 0.3) is 18.2 Å². The van der Waals surface area contributed by atoms with E-state index < -0.39 is 5.97 Å². The van der Waals surface area contributed by atoms with Crippen molar-refractivity contribution in [2.24, 2.45) is 0 Å². The van der Waals surface area contributed by atoms with Crippen LogP contribution in [-0.4, -0.2) is 37.5 Å². The van der Waals surface area contributed by atoms with Gasteiger partial charge < -0.3 is 29.0 Å². The van der Waals surface area contributed by atoms with Crippen LogP contribution in [0, 0.1) is 11.3 Å². The monoisotopic (exact) mass is 758 g/mol. The van der Waals surface area contributed by atoms with Crippen LogP contribution in [0.5, 0.6) is 23.0 Å². The van der Waals surface area contributed by atoms with E-state index in [2.05, 4.69) is 67.3 Å². The van der Waals surface area contributed by atoms with E-state index in [0.717, 1.165) is 65.4 Å². The minimum Gasteiger partial charge on any atom is -0.494 e. The van der Waals surface area contributed by atoms with Crippen LogP contribution in [0.1, 0.15) is 109 Å². The molecule has 0 bridgehead atoms. The van der Waals surface area contributed by atoms with Crippen molar-refractivity contribution in [1.82, 2.24) is 0 Å². The maximum absolute atomic E-state index is 11.6. The molecular weight excluding hydrogens is 701 g/mol. The van der Waals surface area contributed by atoms with E-state index in [1.807, 2.05) is 56.3 Å². The lowest BCUT2D eigenvalue weighted by Crippen LogP contribution is -2.10. The summed E-state index contributed by atoms with van der Waals surface area (Å²) in [7, 11) is 0. The Morgan fingerprint density at radius 2 is 1.05 bits per heavy atom. The van der Waals surface area contributed by atoms with Gasteiger partial charge in [-0.05, 0) is 110 Å². The standard InChI is InChI=1S/C48H58N2O6/c1-5-9-11-13-31-53-44-25-21-42(22-26-44)50(43-23-27-45(28-24-43)54-32-14-12-10-6-2)41-19-16-37(17-20-41)15-18-38-34-47(56-30-8-4)39(33-40(36-49)48(51)52)35-46(38)55-29-7-3/h15-28,33-35H,5-14,29-32H2,1-4H3,(H,51,52)/b18-15+,40-33+. The number of nitrogens with zero attached hydrogens (tertiary/aromatic N) is 2. The zero-order valence-corrected chi connectivity index (χ0v) is 33.6. The fourth-order valence-corrected chi connectivity index (χ4v) is 5.99. The molecule has 0 saturated heterocycles. The number of nitriles is 1. The first-order chi connectivity index (χ1) is 27.4. The molecule has 1 N–H and O–H groups in total. The van der Waals surface area contributed by atoms with E-state index in [0.29, 0.717) is 43.5 Å². The summed E-state index contributed by atoms with van der Waals surface area (Å²) in [4.78, 5) is 13.9. The molecule has 0 aromatic heterocycles. The third-order valence-electron chi connectivity index (χ3n) is 9.05. The molecule has 296 valence electrons. The van der Waals surface area contributed by atoms with Gasteiger partial charge in [0.2, 0.25) is 0 Å². The van der Waals surface area contributed by atoms with E-state index in [1.54, 1.807) is 12.1 Å². The summed E-state index contributed by atoms with van der Waals surface area (Å²) < 4.78 is 24.2. The number of benzene rings is 4. The van der Waals surface area contributed by atoms with Crippen LogP contribution in [0.2, 0.25) is 0 Å². The zero-order chi connectivity index (χ0) is 40.0. The second-order valence-electron chi connectivity index (χ2n) is 13.7. The van der Waals surface area contributed by atoms with Crippen molar-refractivity contribution in [3.8, 4) is 29.1 Å². The van der Waals surface area contributed by atoms with E-state index in [1.165, 1.54) is 44.6 Å². The molecule has 4 rings (SSSR count). The summed E-state index contributed by atoms with van der Waals surface area (Å²) in [5, 5.41) is 18.9. The highest BCUT2D eigenvalue weighted by molar-refractivity contribution is 5.97. The maximum Gasteiger partial charge on any atom is 0.346 e. The lowest BCUT2D eigenvalue weighted by Gasteiger charge is -2.26. The lowest BCUT2D eigenvalue weighted by molar-refractivity contribution is -0.132. The third kappa shape index (κ3) is 13.6. The molecule has 0 saturated carbocycles. The first-order valence-electron chi connectivity index (χ1n) is 20.2. The van der Waals surface area contributed by atoms with Crippen molar-refractivity contribution < 1.29 is 28.8 Å². The smallest absolute Gasteiger partial charge is 0.346 e. The van der Waals surface area contributed by atoms with E-state index in [9.17, 15) is 15.2 Å². The molecule has 8 heteroatoms.